The molecule has 24 heteroatoms. The number of carboxylic acids is 2. The van der Waals surface area contributed by atoms with Crippen molar-refractivity contribution in [2.24, 2.45) is 5.41 Å². The first kappa shape index (κ1) is 64.0. The molecule has 3 N–H and O–H groups in total. The molecule has 2 aromatic carbocycles. The van der Waals surface area contributed by atoms with E-state index < -0.39 is 74.3 Å². The number of carboxylic acid groups (broad SMARTS) is 2. The van der Waals surface area contributed by atoms with Crippen LogP contribution in [0, 0.1) is 5.41 Å². The van der Waals surface area contributed by atoms with Gasteiger partial charge in [-0.2, -0.15) is 8.61 Å². The second kappa shape index (κ2) is 26.8. The molecule has 6 aromatic rings. The number of carbonyl (C=O) groups excluding carboxylic acids is 3. The van der Waals surface area contributed by atoms with Gasteiger partial charge in [-0.15, -0.1) is 0 Å². The van der Waals surface area contributed by atoms with Crippen molar-refractivity contribution in [2.75, 3.05) is 40.7 Å². The number of hydrogen-bond acceptors (Lipinski definition) is 15. The fourth-order valence-electron chi connectivity index (χ4n) is 9.20. The van der Waals surface area contributed by atoms with Crippen molar-refractivity contribution in [3.8, 4) is 0 Å². The second-order valence-electron chi connectivity index (χ2n) is 21.7. The summed E-state index contributed by atoms with van der Waals surface area (Å²) in [4.78, 5) is 89.0. The molecule has 0 fully saturated rings. The first-order chi connectivity index (χ1) is 39.0. The third kappa shape index (κ3) is 15.3. The summed E-state index contributed by atoms with van der Waals surface area (Å²) in [5, 5.41) is 24.6. The zero-order chi connectivity index (χ0) is 61.1. The Morgan fingerprint density at radius 3 is 1.52 bits per heavy atom. The van der Waals surface area contributed by atoms with Gasteiger partial charge in [0.1, 0.15) is 33.6 Å². The first-order valence-electron chi connectivity index (χ1n) is 26.7. The van der Waals surface area contributed by atoms with Gasteiger partial charge in [-0.1, -0.05) is 71.0 Å². The first-order valence-corrected chi connectivity index (χ1v) is 29.6. The second-order valence-corrected chi connectivity index (χ2v) is 25.5. The van der Waals surface area contributed by atoms with Crippen LogP contribution in [0.25, 0.3) is 0 Å². The maximum absolute atomic E-state index is 15.3. The number of ether oxygens (including phenoxy) is 1. The smallest absolute Gasteiger partial charge is 0.417 e. The van der Waals surface area contributed by atoms with Crippen molar-refractivity contribution < 1.29 is 55.8 Å². The fraction of sp³-hybridized carbons (Fsp3) is 0.373. The number of rotatable bonds is 25. The largest absolute Gasteiger partial charge is 0.480 e. The standard InChI is InChI=1S/C59H72N10O12S2/c1-11-16-52(70)65(9)44-26-22-41(23-27-44)37-67(82(77,78)46-19-14-32-60-34-46)39-43-18-13-21-51(63-43)69(56(76)81-58(6,7)8)59(55(74)75,57(3,4)5)48-30-31-50(62-36-54(72)73)64-49(48)40-68(83(79,80)47-20-15-33-61-35-47)38-42-24-28-45(29-25-42)66(10)53(71)17-12-2/h13-15,18-35H,11-12,16-17,36-40H2,1-10H3,(H,62,64)(H,72,73)(H,74,75). The molecule has 1 unspecified atom stereocenters. The Morgan fingerprint density at radius 1 is 0.602 bits per heavy atom. The van der Waals surface area contributed by atoms with Gasteiger partial charge in [0.05, 0.1) is 24.5 Å². The van der Waals surface area contributed by atoms with E-state index in [0.29, 0.717) is 48.2 Å². The molecular weight excluding hydrogens is 1100 g/mol. The number of amides is 3. The van der Waals surface area contributed by atoms with Crippen LogP contribution in [0.4, 0.5) is 27.8 Å². The predicted molar refractivity (Wildman–Crippen MR) is 313 cm³/mol. The Kier molecular flexibility index (Phi) is 20.7. The summed E-state index contributed by atoms with van der Waals surface area (Å²) in [7, 11) is -5.68. The highest BCUT2D eigenvalue weighted by molar-refractivity contribution is 7.89. The van der Waals surface area contributed by atoms with Crippen LogP contribution in [-0.4, -0.2) is 112 Å². The molecule has 22 nitrogen and oxygen atoms in total. The van der Waals surface area contributed by atoms with Gasteiger partial charge in [-0.05, 0) is 111 Å². The van der Waals surface area contributed by atoms with Crippen LogP contribution < -0.4 is 20.0 Å². The lowest BCUT2D eigenvalue weighted by molar-refractivity contribution is -0.149. The topological polar surface area (TPSA) is 283 Å². The number of aromatic nitrogens is 4. The highest BCUT2D eigenvalue weighted by Gasteiger charge is 2.60. The number of anilines is 4. The summed E-state index contributed by atoms with van der Waals surface area (Å²) in [5.41, 5.74) is -3.87. The molecule has 0 bridgehead atoms. The summed E-state index contributed by atoms with van der Waals surface area (Å²) in [5.74, 6) is -3.55. The Labute approximate surface area is 485 Å². The third-order valence-electron chi connectivity index (χ3n) is 13.4. The van der Waals surface area contributed by atoms with Crippen molar-refractivity contribution >= 4 is 72.9 Å². The van der Waals surface area contributed by atoms with Gasteiger partial charge in [-0.3, -0.25) is 24.4 Å². The molecule has 1 atom stereocenters. The van der Waals surface area contributed by atoms with E-state index in [4.69, 9.17) is 14.7 Å². The van der Waals surface area contributed by atoms with Gasteiger partial charge >= 0.3 is 18.0 Å². The van der Waals surface area contributed by atoms with E-state index in [0.717, 1.165) is 19.7 Å². The van der Waals surface area contributed by atoms with Crippen LogP contribution in [0.1, 0.15) is 109 Å². The number of aliphatic carboxylic acids is 2. The van der Waals surface area contributed by atoms with E-state index in [1.54, 1.807) is 104 Å². The lowest BCUT2D eigenvalue weighted by atomic mass is 9.67. The minimum Gasteiger partial charge on any atom is -0.480 e. The van der Waals surface area contributed by atoms with E-state index in [1.807, 2.05) is 13.8 Å². The van der Waals surface area contributed by atoms with Crippen molar-refractivity contribution in [1.82, 2.24) is 28.5 Å². The number of pyridine rings is 4. The van der Waals surface area contributed by atoms with Gasteiger partial charge in [0.25, 0.3) is 0 Å². The summed E-state index contributed by atoms with van der Waals surface area (Å²) in [6, 6.07) is 26.0. The van der Waals surface area contributed by atoms with Crippen LogP contribution in [0.15, 0.2) is 138 Å². The monoisotopic (exact) mass is 1180 g/mol. The molecule has 83 heavy (non-hydrogen) atoms. The van der Waals surface area contributed by atoms with Crippen LogP contribution in [0.2, 0.25) is 0 Å². The third-order valence-corrected chi connectivity index (χ3v) is 16.9. The van der Waals surface area contributed by atoms with Gasteiger partial charge in [-0.25, -0.2) is 41.3 Å². The normalized spacial score (nSPS) is 12.8. The Balaban J connectivity index is 1.57. The molecule has 0 radical (unpaired) electrons. The number of nitrogens with one attached hydrogen (secondary N) is 1. The molecule has 0 saturated heterocycles. The molecule has 0 aliphatic rings. The molecule has 3 amide bonds. The van der Waals surface area contributed by atoms with E-state index in [9.17, 15) is 37.8 Å². The predicted octanol–water partition coefficient (Wildman–Crippen LogP) is 8.84. The van der Waals surface area contributed by atoms with Crippen LogP contribution in [-0.2, 0) is 75.7 Å². The van der Waals surface area contributed by atoms with Gasteiger partial charge in [0, 0.05) is 87.2 Å². The highest BCUT2D eigenvalue weighted by atomic mass is 32.2. The van der Waals surface area contributed by atoms with Crippen molar-refractivity contribution in [3.05, 3.63) is 156 Å². The number of nitrogens with zero attached hydrogens (tertiary/aromatic N) is 9. The quantitative estimate of drug-likeness (QED) is 0.0482. The van der Waals surface area contributed by atoms with Gasteiger partial charge < -0.3 is 30.1 Å². The average molecular weight is 1180 g/mol. The van der Waals surface area contributed by atoms with Gasteiger partial charge in [0.15, 0.2) is 5.54 Å². The molecule has 4 aromatic heterocycles. The van der Waals surface area contributed by atoms with E-state index in [-0.39, 0.29) is 63.3 Å². The van der Waals surface area contributed by atoms with Crippen LogP contribution >= 0.6 is 0 Å². The Bertz CT molecular complexity index is 3490. The summed E-state index contributed by atoms with van der Waals surface area (Å²) >= 11 is 0. The molecule has 0 saturated carbocycles. The SMILES string of the molecule is CCCC(=O)N(C)c1ccc(CN(Cc2cccc(N(C(=O)OC(C)(C)C)C(C(=O)O)(c3ccc(NCC(=O)O)nc3CN(Cc3ccc(N(C)C(=O)CCC)cc3)S(=O)(=O)c3cccnc3)C(C)(C)C)n2)S(=O)(=O)c2cccnc2)cc1. The lowest BCUT2D eigenvalue weighted by Crippen LogP contribution is -2.63. The number of sulfonamides is 2. The molecule has 0 aliphatic carbocycles. The zero-order valence-corrected chi connectivity index (χ0v) is 49.9. The Hall–Kier alpha value is -8.19. The summed E-state index contributed by atoms with van der Waals surface area (Å²) < 4.78 is 67.6. The lowest BCUT2D eigenvalue weighted by Gasteiger charge is -2.49. The minimum atomic E-state index is -4.58. The molecule has 0 spiro atoms. The molecule has 0 aliphatic heterocycles. The maximum atomic E-state index is 15.3. The van der Waals surface area contributed by atoms with Crippen LogP contribution in [0.3, 0.4) is 0 Å². The zero-order valence-electron chi connectivity index (χ0n) is 48.3. The van der Waals surface area contributed by atoms with E-state index in [2.05, 4.69) is 15.3 Å². The minimum absolute atomic E-state index is 0.0467. The Morgan fingerprint density at radius 2 is 1.10 bits per heavy atom. The van der Waals surface area contributed by atoms with Crippen molar-refractivity contribution in [2.45, 2.75) is 128 Å². The maximum Gasteiger partial charge on any atom is 0.417 e. The average Bonchev–Trinajstić information content (AvgIpc) is 1.56. The molecule has 6 rings (SSSR count). The summed E-state index contributed by atoms with van der Waals surface area (Å²) in [6.45, 7) is 10.8. The van der Waals surface area contributed by atoms with Crippen molar-refractivity contribution in [3.63, 3.8) is 0 Å². The van der Waals surface area contributed by atoms with E-state index >= 15 is 13.2 Å². The number of carbonyl (C=O) groups is 5. The van der Waals surface area contributed by atoms with Gasteiger partial charge in [0.2, 0.25) is 31.9 Å². The summed E-state index contributed by atoms with van der Waals surface area (Å²) in [6.07, 6.45) is 5.86. The van der Waals surface area contributed by atoms with Crippen molar-refractivity contribution in [1.29, 1.82) is 0 Å². The van der Waals surface area contributed by atoms with Crippen LogP contribution in [0.5, 0.6) is 0 Å². The van der Waals surface area contributed by atoms with E-state index in [1.165, 1.54) is 83.0 Å². The fourth-order valence-corrected chi connectivity index (χ4v) is 11.9. The molecule has 442 valence electrons. The number of benzene rings is 2. The number of hydrogen-bond donors (Lipinski definition) is 3. The molecule has 4 heterocycles. The highest BCUT2D eigenvalue weighted by Crippen LogP contribution is 2.49. The molecular formula is C59H72N10O12S2.